The smallest absolute Gasteiger partial charge is 0.387 e. The number of allylic oxidation sites excluding steroid dienone is 1. The molecule has 0 aliphatic carbocycles. The van der Waals surface area contributed by atoms with Gasteiger partial charge in [-0.3, -0.25) is 0 Å². The average molecular weight is 509 g/mol. The highest BCUT2D eigenvalue weighted by Crippen LogP contribution is 2.52. The molecular formula is C27H23F3N4O3. The van der Waals surface area contributed by atoms with Gasteiger partial charge in [0.1, 0.15) is 22.9 Å². The van der Waals surface area contributed by atoms with Crippen LogP contribution in [0.1, 0.15) is 62.1 Å². The van der Waals surface area contributed by atoms with Crippen molar-refractivity contribution in [2.24, 2.45) is 0 Å². The number of nitrogens with zero attached hydrogens (tertiary/aromatic N) is 4. The molecule has 2 atom stereocenters. The number of ether oxygens (including phenoxy) is 2. The Bertz CT molecular complexity index is 1560. The third-order valence-corrected chi connectivity index (χ3v) is 6.76. The molecule has 2 aromatic heterocycles. The quantitative estimate of drug-likeness (QED) is 0.370. The Labute approximate surface area is 210 Å². The van der Waals surface area contributed by atoms with Crippen molar-refractivity contribution in [3.8, 4) is 16.9 Å². The summed E-state index contributed by atoms with van der Waals surface area (Å²) in [5, 5.41) is 10.1. The minimum Gasteiger partial charge on any atom is -0.482 e. The molecule has 37 heavy (non-hydrogen) atoms. The molecule has 0 amide bonds. The number of imidazole rings is 1. The first kappa shape index (κ1) is 23.5. The Morgan fingerprint density at radius 3 is 2.62 bits per heavy atom. The number of aliphatic hydroxyl groups is 1. The number of alkyl halides is 2. The highest BCUT2D eigenvalue weighted by atomic mass is 19.3. The van der Waals surface area contributed by atoms with E-state index in [-0.39, 0.29) is 17.1 Å². The summed E-state index contributed by atoms with van der Waals surface area (Å²) in [6, 6.07) is 7.57. The molecule has 0 saturated carbocycles. The van der Waals surface area contributed by atoms with Crippen molar-refractivity contribution >= 4 is 16.8 Å². The van der Waals surface area contributed by atoms with Crippen molar-refractivity contribution < 1.29 is 27.8 Å². The molecule has 2 aliphatic heterocycles. The largest absolute Gasteiger partial charge is 0.482 e. The van der Waals surface area contributed by atoms with E-state index >= 15 is 4.39 Å². The van der Waals surface area contributed by atoms with Crippen molar-refractivity contribution in [1.82, 2.24) is 19.5 Å². The number of halogens is 3. The van der Waals surface area contributed by atoms with E-state index in [2.05, 4.69) is 15.0 Å². The minimum absolute atomic E-state index is 0.0637. The molecule has 4 aromatic rings. The normalized spacial score (nSPS) is 19.6. The zero-order chi connectivity index (χ0) is 26.1. The minimum atomic E-state index is -2.99. The number of benzene rings is 2. The van der Waals surface area contributed by atoms with Gasteiger partial charge in [0.05, 0.1) is 17.1 Å². The van der Waals surface area contributed by atoms with Crippen LogP contribution in [-0.2, 0) is 10.3 Å². The summed E-state index contributed by atoms with van der Waals surface area (Å²) in [6.07, 6.45) is 4.72. The summed E-state index contributed by atoms with van der Waals surface area (Å²) < 4.78 is 55.0. The Balaban J connectivity index is 1.54. The summed E-state index contributed by atoms with van der Waals surface area (Å²) in [7, 11) is 0. The van der Waals surface area contributed by atoms with Gasteiger partial charge in [0, 0.05) is 47.1 Å². The Kier molecular flexibility index (Phi) is 5.27. The van der Waals surface area contributed by atoms with E-state index in [4.69, 9.17) is 9.47 Å². The molecule has 6 rings (SSSR count). The third-order valence-electron chi connectivity index (χ3n) is 6.76. The molecule has 0 fully saturated rings. The Hall–Kier alpha value is -3.92. The fourth-order valence-corrected chi connectivity index (χ4v) is 5.20. The van der Waals surface area contributed by atoms with E-state index in [0.717, 1.165) is 0 Å². The third kappa shape index (κ3) is 3.74. The van der Waals surface area contributed by atoms with Crippen molar-refractivity contribution in [2.75, 3.05) is 0 Å². The maximum Gasteiger partial charge on any atom is 0.387 e. The van der Waals surface area contributed by atoms with Crippen molar-refractivity contribution in [3.63, 3.8) is 0 Å². The van der Waals surface area contributed by atoms with E-state index in [9.17, 15) is 13.9 Å². The summed E-state index contributed by atoms with van der Waals surface area (Å²) in [5.74, 6) is 0.907. The highest BCUT2D eigenvalue weighted by Gasteiger charge is 2.42. The van der Waals surface area contributed by atoms with E-state index in [1.165, 1.54) is 24.5 Å². The van der Waals surface area contributed by atoms with Crippen LogP contribution in [0.3, 0.4) is 0 Å². The Morgan fingerprint density at radius 1 is 1.19 bits per heavy atom. The number of hydrogen-bond donors (Lipinski definition) is 1. The van der Waals surface area contributed by atoms with Crippen LogP contribution in [0.4, 0.5) is 13.2 Å². The van der Waals surface area contributed by atoms with Crippen LogP contribution in [-0.4, -0.2) is 31.2 Å². The van der Waals surface area contributed by atoms with Gasteiger partial charge >= 0.3 is 6.61 Å². The fourth-order valence-electron chi connectivity index (χ4n) is 5.20. The van der Waals surface area contributed by atoms with Crippen molar-refractivity contribution in [1.29, 1.82) is 0 Å². The molecule has 10 heteroatoms. The lowest BCUT2D eigenvalue weighted by Crippen LogP contribution is -2.19. The van der Waals surface area contributed by atoms with Crippen molar-refractivity contribution in [2.45, 2.75) is 51.6 Å². The molecule has 190 valence electrons. The maximum atomic E-state index is 15.2. The summed E-state index contributed by atoms with van der Waals surface area (Å²) >= 11 is 0. The molecule has 4 heterocycles. The maximum absolute atomic E-state index is 15.2. The van der Waals surface area contributed by atoms with Gasteiger partial charge in [-0.25, -0.2) is 19.3 Å². The van der Waals surface area contributed by atoms with Gasteiger partial charge in [-0.2, -0.15) is 8.78 Å². The predicted octanol–water partition coefficient (Wildman–Crippen LogP) is 5.89. The van der Waals surface area contributed by atoms with Gasteiger partial charge in [0.25, 0.3) is 0 Å². The van der Waals surface area contributed by atoms with Gasteiger partial charge in [-0.05, 0) is 39.0 Å². The number of fused-ring (bicyclic) bond motifs is 9. The summed E-state index contributed by atoms with van der Waals surface area (Å²) in [6.45, 7) is 1.95. The highest BCUT2D eigenvalue weighted by molar-refractivity contribution is 5.84. The standard InChI is InChI=1S/C27H23F3N4O3/c1-4-20-14-6-5-7-21(37-26(29)30)23(14)19-10-22(36-20)24-33-17-9-16(28)15(8-18(17)34(19)24)13-11-31-25(32-12-13)27(2,3)35/h4-9,11-12,19,22,26,35H,10H2,1-3H3/b20-4-/t19-,22-/m1/s1. The Morgan fingerprint density at radius 2 is 1.95 bits per heavy atom. The molecule has 0 saturated heterocycles. The lowest BCUT2D eigenvalue weighted by molar-refractivity contribution is -0.0506. The second-order valence-electron chi connectivity index (χ2n) is 9.62. The van der Waals surface area contributed by atoms with Gasteiger partial charge in [-0.15, -0.1) is 0 Å². The SMILES string of the molecule is C/C=C1\O[C@@H]2C[C@H](c3c(OC(F)F)cccc31)n1c2nc2cc(F)c(-c3cnc(C(C)(C)O)nc3)cc21. The van der Waals surface area contributed by atoms with E-state index in [1.807, 2.05) is 17.6 Å². The van der Waals surface area contributed by atoms with Gasteiger partial charge in [0.2, 0.25) is 0 Å². The fraction of sp³-hybridized carbons (Fsp3) is 0.296. The monoisotopic (exact) mass is 508 g/mol. The zero-order valence-electron chi connectivity index (χ0n) is 20.2. The van der Waals surface area contributed by atoms with Crippen LogP contribution in [0.2, 0.25) is 0 Å². The molecule has 2 aliphatic rings. The first-order chi connectivity index (χ1) is 17.7. The van der Waals surface area contributed by atoms with Crippen LogP contribution in [0.15, 0.2) is 48.8 Å². The number of aromatic nitrogens is 4. The molecular weight excluding hydrogens is 485 g/mol. The van der Waals surface area contributed by atoms with Crippen molar-refractivity contribution in [3.05, 3.63) is 77.4 Å². The molecule has 0 spiro atoms. The first-order valence-corrected chi connectivity index (χ1v) is 11.8. The molecule has 2 bridgehead atoms. The van der Waals surface area contributed by atoms with Crippen LogP contribution >= 0.6 is 0 Å². The summed E-state index contributed by atoms with van der Waals surface area (Å²) in [5.41, 5.74) is 1.72. The van der Waals surface area contributed by atoms with Crippen LogP contribution in [0.5, 0.6) is 5.75 Å². The lowest BCUT2D eigenvalue weighted by atomic mass is 9.96. The second kappa shape index (κ2) is 8.31. The number of hydrogen-bond acceptors (Lipinski definition) is 6. The molecule has 0 unspecified atom stereocenters. The predicted molar refractivity (Wildman–Crippen MR) is 129 cm³/mol. The van der Waals surface area contributed by atoms with Gasteiger partial charge in [0.15, 0.2) is 17.8 Å². The molecule has 0 radical (unpaired) electrons. The molecule has 7 nitrogen and oxygen atoms in total. The molecule has 1 N–H and O–H groups in total. The second-order valence-corrected chi connectivity index (χ2v) is 9.62. The number of rotatable bonds is 4. The van der Waals surface area contributed by atoms with Crippen LogP contribution < -0.4 is 4.74 Å². The molecule has 2 aromatic carbocycles. The van der Waals surface area contributed by atoms with E-state index in [1.54, 1.807) is 32.1 Å². The van der Waals surface area contributed by atoms with Crippen LogP contribution in [0.25, 0.3) is 27.9 Å². The first-order valence-electron chi connectivity index (χ1n) is 11.8. The summed E-state index contributed by atoms with van der Waals surface area (Å²) in [4.78, 5) is 13.1. The average Bonchev–Trinajstić information content (AvgIpc) is 3.31. The zero-order valence-corrected chi connectivity index (χ0v) is 20.2. The van der Waals surface area contributed by atoms with Gasteiger partial charge in [-0.1, -0.05) is 12.1 Å². The van der Waals surface area contributed by atoms with Gasteiger partial charge < -0.3 is 19.1 Å². The van der Waals surface area contributed by atoms with Crippen LogP contribution in [0, 0.1) is 5.82 Å². The lowest BCUT2D eigenvalue weighted by Gasteiger charge is -2.22. The van der Waals surface area contributed by atoms with E-state index < -0.39 is 30.2 Å². The van der Waals surface area contributed by atoms with E-state index in [0.29, 0.717) is 45.7 Å². The topological polar surface area (TPSA) is 82.3 Å².